The molecule has 0 aromatic rings. The van der Waals surface area contributed by atoms with Crippen LogP contribution in [0.2, 0.25) is 0 Å². The van der Waals surface area contributed by atoms with Crippen LogP contribution in [0.5, 0.6) is 0 Å². The topological polar surface area (TPSA) is 26.3 Å². The molecule has 0 radical (unpaired) electrons. The highest BCUT2D eigenvalue weighted by molar-refractivity contribution is 5.70. The molecule has 3 atom stereocenters. The Morgan fingerprint density at radius 3 is 2.62 bits per heavy atom. The molecule has 16 heavy (non-hydrogen) atoms. The van der Waals surface area contributed by atoms with Crippen LogP contribution in [-0.4, -0.2) is 12.1 Å². The van der Waals surface area contributed by atoms with Crippen molar-refractivity contribution in [3.8, 4) is 0 Å². The van der Waals surface area contributed by atoms with Crippen molar-refractivity contribution in [1.29, 1.82) is 0 Å². The first-order valence-electron chi connectivity index (χ1n) is 6.69. The maximum atomic E-state index is 11.8. The number of ether oxygens (including phenoxy) is 1. The second kappa shape index (κ2) is 4.23. The average Bonchev–Trinajstić information content (AvgIpc) is 2.92. The van der Waals surface area contributed by atoms with Crippen LogP contribution in [0.3, 0.4) is 0 Å². The van der Waals surface area contributed by atoms with Crippen LogP contribution >= 0.6 is 0 Å². The molecule has 0 aliphatic heterocycles. The number of fused-ring (bicyclic) bond motifs is 2. The maximum Gasteiger partial charge on any atom is 0.306 e. The maximum absolute atomic E-state index is 11.8. The summed E-state index contributed by atoms with van der Waals surface area (Å²) in [5, 5.41) is 0. The third-order valence-electron chi connectivity index (χ3n) is 4.45. The van der Waals surface area contributed by atoms with Gasteiger partial charge >= 0.3 is 5.97 Å². The summed E-state index contributed by atoms with van der Waals surface area (Å²) < 4.78 is 5.52. The lowest BCUT2D eigenvalue weighted by molar-refractivity contribution is -0.150. The highest BCUT2D eigenvalue weighted by Gasteiger charge is 2.37. The predicted octanol–water partition coefficient (Wildman–Crippen LogP) is 3.07. The van der Waals surface area contributed by atoms with E-state index in [4.69, 9.17) is 4.74 Å². The van der Waals surface area contributed by atoms with Crippen LogP contribution in [0.4, 0.5) is 0 Å². The van der Waals surface area contributed by atoms with Crippen molar-refractivity contribution in [2.24, 2.45) is 17.8 Å². The second-order valence-corrected chi connectivity index (χ2v) is 5.64. The van der Waals surface area contributed by atoms with E-state index in [1.165, 1.54) is 25.7 Å². The quantitative estimate of drug-likeness (QED) is 0.539. The third-order valence-corrected chi connectivity index (χ3v) is 4.45. The van der Waals surface area contributed by atoms with Crippen molar-refractivity contribution >= 4 is 5.97 Å². The van der Waals surface area contributed by atoms with Gasteiger partial charge in [-0.15, -0.1) is 0 Å². The van der Waals surface area contributed by atoms with Gasteiger partial charge in [0.2, 0.25) is 0 Å². The van der Waals surface area contributed by atoms with Gasteiger partial charge in [0, 0.05) is 6.42 Å². The molecule has 0 aromatic carbocycles. The molecule has 0 saturated heterocycles. The Hall–Kier alpha value is -0.790. The molecule has 2 nitrogen and oxygen atoms in total. The molecule has 3 unspecified atom stereocenters. The zero-order chi connectivity index (χ0) is 11.0. The van der Waals surface area contributed by atoms with Crippen LogP contribution in [0.15, 0.2) is 12.2 Å². The van der Waals surface area contributed by atoms with E-state index in [1.807, 2.05) is 0 Å². The van der Waals surface area contributed by atoms with Gasteiger partial charge in [-0.1, -0.05) is 12.2 Å². The minimum atomic E-state index is 0.0536. The van der Waals surface area contributed by atoms with Crippen LogP contribution in [-0.2, 0) is 9.53 Å². The number of carbonyl (C=O) groups excluding carboxylic acids is 1. The molecule has 0 spiro atoms. The molecular weight excluding hydrogens is 200 g/mol. The first-order chi connectivity index (χ1) is 7.81. The van der Waals surface area contributed by atoms with E-state index >= 15 is 0 Å². The van der Waals surface area contributed by atoms with E-state index in [-0.39, 0.29) is 12.1 Å². The van der Waals surface area contributed by atoms with Crippen molar-refractivity contribution in [3.05, 3.63) is 12.2 Å². The molecule has 3 aliphatic rings. The molecular formula is C14H20O2. The van der Waals surface area contributed by atoms with Crippen molar-refractivity contribution in [1.82, 2.24) is 0 Å². The largest absolute Gasteiger partial charge is 0.462 e. The number of hydrogen-bond donors (Lipinski definition) is 0. The van der Waals surface area contributed by atoms with Gasteiger partial charge in [0.05, 0.1) is 0 Å². The van der Waals surface area contributed by atoms with E-state index in [2.05, 4.69) is 12.2 Å². The Morgan fingerprint density at radius 1 is 1.19 bits per heavy atom. The van der Waals surface area contributed by atoms with Gasteiger partial charge < -0.3 is 4.74 Å². The molecule has 0 N–H and O–H groups in total. The highest BCUT2D eigenvalue weighted by atomic mass is 16.5. The fraction of sp³-hybridized carbons (Fsp3) is 0.786. The van der Waals surface area contributed by atoms with Gasteiger partial charge in [0.25, 0.3) is 0 Å². The Morgan fingerprint density at radius 2 is 2.00 bits per heavy atom. The Kier molecular flexibility index (Phi) is 2.74. The molecule has 2 fully saturated rings. The van der Waals surface area contributed by atoms with E-state index in [9.17, 15) is 4.79 Å². The number of rotatable bonds is 3. The summed E-state index contributed by atoms with van der Waals surface area (Å²) in [7, 11) is 0. The van der Waals surface area contributed by atoms with Crippen LogP contribution < -0.4 is 0 Å². The summed E-state index contributed by atoms with van der Waals surface area (Å²) in [5.41, 5.74) is 0. The fourth-order valence-corrected chi connectivity index (χ4v) is 3.58. The lowest BCUT2D eigenvalue weighted by atomic mass is 9.91. The number of allylic oxidation sites excluding steroid dienone is 2. The minimum Gasteiger partial charge on any atom is -0.462 e. The summed E-state index contributed by atoms with van der Waals surface area (Å²) >= 11 is 0. The Labute approximate surface area is 97.1 Å². The normalized spacial score (nSPS) is 37.1. The lowest BCUT2D eigenvalue weighted by Gasteiger charge is -2.18. The van der Waals surface area contributed by atoms with Gasteiger partial charge in [-0.05, 0) is 56.3 Å². The van der Waals surface area contributed by atoms with Gasteiger partial charge in [0.15, 0.2) is 0 Å². The Bertz CT molecular complexity index is 302. The van der Waals surface area contributed by atoms with Crippen molar-refractivity contribution < 1.29 is 9.53 Å². The number of hydrogen-bond acceptors (Lipinski definition) is 2. The minimum absolute atomic E-state index is 0.0536. The van der Waals surface area contributed by atoms with Crippen LogP contribution in [0, 0.1) is 17.8 Å². The zero-order valence-corrected chi connectivity index (χ0v) is 9.73. The number of carbonyl (C=O) groups is 1. The molecule has 0 amide bonds. The third kappa shape index (κ3) is 2.02. The SMILES string of the molecule is O=C(CC1CC2C=CC1C2)OC1CCCC1. The molecule has 0 aromatic heterocycles. The summed E-state index contributed by atoms with van der Waals surface area (Å²) in [5.74, 6) is 2.05. The van der Waals surface area contributed by atoms with Crippen LogP contribution in [0.25, 0.3) is 0 Å². The molecule has 2 saturated carbocycles. The standard InChI is InChI=1S/C14H20O2/c15-14(16-13-3-1-2-4-13)9-12-8-10-5-6-11(12)7-10/h5-6,10-13H,1-4,7-9H2. The van der Waals surface area contributed by atoms with Crippen molar-refractivity contribution in [2.45, 2.75) is 51.0 Å². The van der Waals surface area contributed by atoms with E-state index < -0.39 is 0 Å². The van der Waals surface area contributed by atoms with E-state index in [0.717, 1.165) is 18.8 Å². The summed E-state index contributed by atoms with van der Waals surface area (Å²) in [6.45, 7) is 0. The monoisotopic (exact) mass is 220 g/mol. The molecule has 88 valence electrons. The molecule has 3 rings (SSSR count). The zero-order valence-electron chi connectivity index (χ0n) is 9.73. The molecule has 2 bridgehead atoms. The van der Waals surface area contributed by atoms with Gasteiger partial charge in [-0.3, -0.25) is 4.79 Å². The van der Waals surface area contributed by atoms with Gasteiger partial charge in [-0.2, -0.15) is 0 Å². The van der Waals surface area contributed by atoms with Gasteiger partial charge in [-0.25, -0.2) is 0 Å². The van der Waals surface area contributed by atoms with E-state index in [0.29, 0.717) is 18.3 Å². The van der Waals surface area contributed by atoms with Crippen LogP contribution in [0.1, 0.15) is 44.9 Å². The van der Waals surface area contributed by atoms with Crippen molar-refractivity contribution in [3.63, 3.8) is 0 Å². The first-order valence-corrected chi connectivity index (χ1v) is 6.69. The molecule has 3 aliphatic carbocycles. The highest BCUT2D eigenvalue weighted by Crippen LogP contribution is 2.45. The fourth-order valence-electron chi connectivity index (χ4n) is 3.58. The summed E-state index contributed by atoms with van der Waals surface area (Å²) in [6.07, 6.45) is 12.6. The second-order valence-electron chi connectivity index (χ2n) is 5.64. The predicted molar refractivity (Wildman–Crippen MR) is 61.8 cm³/mol. The van der Waals surface area contributed by atoms with E-state index in [1.54, 1.807) is 0 Å². The number of esters is 1. The first kappa shape index (κ1) is 10.4. The summed E-state index contributed by atoms with van der Waals surface area (Å²) in [6, 6.07) is 0. The van der Waals surface area contributed by atoms with Gasteiger partial charge in [0.1, 0.15) is 6.10 Å². The van der Waals surface area contributed by atoms with Crippen molar-refractivity contribution in [2.75, 3.05) is 0 Å². The lowest BCUT2D eigenvalue weighted by Crippen LogP contribution is -2.19. The Balaban J connectivity index is 1.47. The molecule has 2 heteroatoms. The smallest absolute Gasteiger partial charge is 0.306 e. The average molecular weight is 220 g/mol. The molecule has 0 heterocycles. The summed E-state index contributed by atoms with van der Waals surface area (Å²) in [4.78, 5) is 11.8.